The Labute approximate surface area is 155 Å². The lowest BCUT2D eigenvalue weighted by atomic mass is 10.1. The Kier molecular flexibility index (Phi) is 7.68. The Balaban J connectivity index is 1.93. The molecule has 0 fully saturated rings. The van der Waals surface area contributed by atoms with Gasteiger partial charge in [-0.3, -0.25) is 4.79 Å². The minimum atomic E-state index is -0.0621. The summed E-state index contributed by atoms with van der Waals surface area (Å²) in [7, 11) is 1.64. The van der Waals surface area contributed by atoms with Crippen LogP contribution in [0.2, 0.25) is 0 Å². The van der Waals surface area contributed by atoms with Crippen LogP contribution in [0.25, 0.3) is 0 Å². The summed E-state index contributed by atoms with van der Waals surface area (Å²) in [5.74, 6) is 0.742. The highest BCUT2D eigenvalue weighted by molar-refractivity contribution is 5.94. The first-order valence-corrected chi connectivity index (χ1v) is 9.01. The summed E-state index contributed by atoms with van der Waals surface area (Å²) in [5.41, 5.74) is 4.28. The smallest absolute Gasteiger partial charge is 0.251 e. The van der Waals surface area contributed by atoms with Crippen molar-refractivity contribution in [3.63, 3.8) is 0 Å². The topological polar surface area (TPSA) is 65.5 Å². The van der Waals surface area contributed by atoms with E-state index in [0.29, 0.717) is 12.1 Å². The fraction of sp³-hybridized carbons (Fsp3) is 0.333. The molecule has 0 aliphatic rings. The molecule has 3 N–H and O–H groups in total. The van der Waals surface area contributed by atoms with Gasteiger partial charge in [0.1, 0.15) is 0 Å². The van der Waals surface area contributed by atoms with Crippen LogP contribution >= 0.6 is 0 Å². The summed E-state index contributed by atoms with van der Waals surface area (Å²) in [6.07, 6.45) is 0.819. The van der Waals surface area contributed by atoms with E-state index in [1.165, 1.54) is 11.1 Å². The Hall–Kier alpha value is -2.82. The van der Waals surface area contributed by atoms with E-state index in [9.17, 15) is 4.79 Å². The van der Waals surface area contributed by atoms with Gasteiger partial charge in [-0.15, -0.1) is 0 Å². The summed E-state index contributed by atoms with van der Waals surface area (Å²) >= 11 is 0. The average Bonchev–Trinajstić information content (AvgIpc) is 2.66. The molecular formula is C21H28N4O. The third kappa shape index (κ3) is 5.92. The molecule has 5 heteroatoms. The molecule has 26 heavy (non-hydrogen) atoms. The van der Waals surface area contributed by atoms with Crippen molar-refractivity contribution in [1.82, 2.24) is 16.0 Å². The number of carbonyl (C=O) groups excluding carboxylic acids is 1. The first kappa shape index (κ1) is 19.5. The third-order valence-electron chi connectivity index (χ3n) is 4.14. The van der Waals surface area contributed by atoms with Crippen molar-refractivity contribution in [2.24, 2.45) is 4.99 Å². The zero-order valence-corrected chi connectivity index (χ0v) is 15.8. The van der Waals surface area contributed by atoms with E-state index in [4.69, 9.17) is 0 Å². The van der Waals surface area contributed by atoms with Gasteiger partial charge in [0.15, 0.2) is 5.96 Å². The van der Waals surface area contributed by atoms with Crippen LogP contribution in [0.15, 0.2) is 53.5 Å². The maximum Gasteiger partial charge on any atom is 0.251 e. The first-order chi connectivity index (χ1) is 12.6. The van der Waals surface area contributed by atoms with Gasteiger partial charge < -0.3 is 16.0 Å². The van der Waals surface area contributed by atoms with Crippen molar-refractivity contribution in [2.45, 2.75) is 26.8 Å². The fourth-order valence-corrected chi connectivity index (χ4v) is 2.63. The Bertz CT molecular complexity index is 755. The average molecular weight is 352 g/mol. The Morgan fingerprint density at radius 1 is 1.08 bits per heavy atom. The molecule has 0 spiro atoms. The number of benzene rings is 2. The van der Waals surface area contributed by atoms with E-state index in [1.54, 1.807) is 7.05 Å². The molecule has 0 saturated heterocycles. The molecule has 2 aromatic rings. The van der Waals surface area contributed by atoms with E-state index in [2.05, 4.69) is 46.9 Å². The fourth-order valence-electron chi connectivity index (χ4n) is 2.63. The van der Waals surface area contributed by atoms with Gasteiger partial charge >= 0.3 is 0 Å². The quantitative estimate of drug-likeness (QED) is 0.530. The molecule has 2 aromatic carbocycles. The number of guanidine groups is 1. The van der Waals surface area contributed by atoms with Gasteiger partial charge in [0.05, 0.1) is 6.54 Å². The summed E-state index contributed by atoms with van der Waals surface area (Å²) in [6, 6.07) is 16.0. The Morgan fingerprint density at radius 2 is 1.88 bits per heavy atom. The molecule has 0 radical (unpaired) electrons. The zero-order chi connectivity index (χ0) is 18.8. The largest absolute Gasteiger partial charge is 0.357 e. The first-order valence-electron chi connectivity index (χ1n) is 9.01. The second-order valence-corrected chi connectivity index (χ2v) is 6.08. The summed E-state index contributed by atoms with van der Waals surface area (Å²) in [5, 5.41) is 9.28. The molecule has 1 amide bonds. The van der Waals surface area contributed by atoms with Crippen LogP contribution in [0.3, 0.4) is 0 Å². The number of nitrogens with one attached hydrogen (secondary N) is 3. The van der Waals surface area contributed by atoms with E-state index < -0.39 is 0 Å². The van der Waals surface area contributed by atoms with Crippen molar-refractivity contribution in [2.75, 3.05) is 20.1 Å². The molecule has 2 rings (SSSR count). The number of rotatable bonds is 7. The molecule has 138 valence electrons. The van der Waals surface area contributed by atoms with Crippen molar-refractivity contribution in [1.29, 1.82) is 0 Å². The molecule has 0 bridgehead atoms. The van der Waals surface area contributed by atoms with E-state index in [-0.39, 0.29) is 5.91 Å². The molecule has 0 aliphatic heterocycles. The number of amides is 1. The number of carbonyl (C=O) groups is 1. The lowest BCUT2D eigenvalue weighted by Gasteiger charge is -2.12. The van der Waals surface area contributed by atoms with Gasteiger partial charge in [-0.2, -0.15) is 0 Å². The lowest BCUT2D eigenvalue weighted by Crippen LogP contribution is -2.38. The summed E-state index contributed by atoms with van der Waals surface area (Å²) < 4.78 is 0. The number of nitrogens with zero attached hydrogens (tertiary/aromatic N) is 1. The van der Waals surface area contributed by atoms with E-state index in [0.717, 1.165) is 31.0 Å². The van der Waals surface area contributed by atoms with E-state index >= 15 is 0 Å². The standard InChI is InChI=1S/C21H28N4O/c1-4-23-21(25-15-19-10-6-5-8-16(19)2)24-13-12-17-9-7-11-18(14-17)20(26)22-3/h5-11,14H,4,12-13,15H2,1-3H3,(H,22,26)(H2,23,24,25). The SMILES string of the molecule is CCNC(=NCc1ccccc1C)NCCc1cccc(C(=O)NC)c1. The Morgan fingerprint density at radius 3 is 2.62 bits per heavy atom. The zero-order valence-electron chi connectivity index (χ0n) is 15.8. The molecule has 5 nitrogen and oxygen atoms in total. The van der Waals surface area contributed by atoms with Crippen LogP contribution in [-0.4, -0.2) is 32.0 Å². The van der Waals surface area contributed by atoms with Gasteiger partial charge in [0.2, 0.25) is 0 Å². The maximum absolute atomic E-state index is 11.7. The number of aryl methyl sites for hydroxylation is 1. The van der Waals surface area contributed by atoms with E-state index in [1.807, 2.05) is 36.4 Å². The summed E-state index contributed by atoms with van der Waals surface area (Å²) in [6.45, 7) is 6.36. The predicted octanol–water partition coefficient (Wildman–Crippen LogP) is 2.65. The van der Waals surface area contributed by atoms with Crippen LogP contribution in [0.4, 0.5) is 0 Å². The minimum absolute atomic E-state index is 0.0621. The molecule has 0 atom stereocenters. The van der Waals surface area contributed by atoms with Crippen LogP contribution in [0, 0.1) is 6.92 Å². The van der Waals surface area contributed by atoms with Gasteiger partial charge in [0, 0.05) is 25.7 Å². The van der Waals surface area contributed by atoms with Crippen LogP contribution in [-0.2, 0) is 13.0 Å². The highest BCUT2D eigenvalue weighted by atomic mass is 16.1. The molecule has 0 heterocycles. The van der Waals surface area contributed by atoms with Gasteiger partial charge in [-0.1, -0.05) is 36.4 Å². The number of hydrogen-bond acceptors (Lipinski definition) is 2. The maximum atomic E-state index is 11.7. The molecule has 0 saturated carbocycles. The third-order valence-corrected chi connectivity index (χ3v) is 4.14. The van der Waals surface area contributed by atoms with Crippen LogP contribution in [0.1, 0.15) is 34.0 Å². The van der Waals surface area contributed by atoms with Crippen molar-refractivity contribution < 1.29 is 4.79 Å². The molecule has 0 aromatic heterocycles. The highest BCUT2D eigenvalue weighted by Gasteiger charge is 2.04. The van der Waals surface area contributed by atoms with Crippen LogP contribution in [0.5, 0.6) is 0 Å². The van der Waals surface area contributed by atoms with Gasteiger partial charge in [0.25, 0.3) is 5.91 Å². The van der Waals surface area contributed by atoms with Crippen molar-refractivity contribution in [3.8, 4) is 0 Å². The van der Waals surface area contributed by atoms with Gasteiger partial charge in [-0.25, -0.2) is 4.99 Å². The summed E-state index contributed by atoms with van der Waals surface area (Å²) in [4.78, 5) is 16.4. The minimum Gasteiger partial charge on any atom is -0.357 e. The highest BCUT2D eigenvalue weighted by Crippen LogP contribution is 2.08. The molecular weight excluding hydrogens is 324 g/mol. The predicted molar refractivity (Wildman–Crippen MR) is 108 cm³/mol. The number of aliphatic imine (C=N–C) groups is 1. The monoisotopic (exact) mass is 352 g/mol. The van der Waals surface area contributed by atoms with Crippen molar-refractivity contribution in [3.05, 3.63) is 70.8 Å². The molecule has 0 aliphatic carbocycles. The molecule has 0 unspecified atom stereocenters. The van der Waals surface area contributed by atoms with Gasteiger partial charge in [-0.05, 0) is 49.1 Å². The van der Waals surface area contributed by atoms with Crippen LogP contribution < -0.4 is 16.0 Å². The lowest BCUT2D eigenvalue weighted by molar-refractivity contribution is 0.0963. The number of hydrogen-bond donors (Lipinski definition) is 3. The van der Waals surface area contributed by atoms with Crippen molar-refractivity contribution >= 4 is 11.9 Å². The normalized spacial score (nSPS) is 11.1. The second-order valence-electron chi connectivity index (χ2n) is 6.08. The second kappa shape index (κ2) is 10.2.